The van der Waals surface area contributed by atoms with Crippen molar-refractivity contribution in [3.63, 3.8) is 0 Å². The molecule has 0 unspecified atom stereocenters. The molecule has 0 aromatic heterocycles. The van der Waals surface area contributed by atoms with Crippen molar-refractivity contribution in [3.05, 3.63) is 0 Å². The molecule has 4 nitrogen and oxygen atoms in total. The zero-order chi connectivity index (χ0) is 15.9. The predicted molar refractivity (Wildman–Crippen MR) is 95.5 cm³/mol. The van der Waals surface area contributed by atoms with Crippen LogP contribution in [-0.4, -0.2) is 98.1 Å². The van der Waals surface area contributed by atoms with Gasteiger partial charge in [-0.05, 0) is 59.3 Å². The molecule has 2 fully saturated rings. The van der Waals surface area contributed by atoms with Gasteiger partial charge in [0.2, 0.25) is 0 Å². The van der Waals surface area contributed by atoms with Crippen LogP contribution in [0.25, 0.3) is 0 Å². The van der Waals surface area contributed by atoms with Crippen molar-refractivity contribution < 1.29 is 0 Å². The fraction of sp³-hybridized carbons (Fsp3) is 1.00. The summed E-state index contributed by atoms with van der Waals surface area (Å²) in [6, 6.07) is 0.714. The van der Waals surface area contributed by atoms with Crippen LogP contribution in [0.5, 0.6) is 0 Å². The van der Waals surface area contributed by atoms with E-state index in [0.29, 0.717) is 6.04 Å². The lowest BCUT2D eigenvalue weighted by Crippen LogP contribution is -2.50. The van der Waals surface area contributed by atoms with Crippen molar-refractivity contribution in [1.82, 2.24) is 19.6 Å². The second-order valence-electron chi connectivity index (χ2n) is 7.61. The van der Waals surface area contributed by atoms with Gasteiger partial charge in [0.1, 0.15) is 0 Å². The second kappa shape index (κ2) is 9.21. The average Bonchev–Trinajstić information content (AvgIpc) is 2.54. The molecule has 2 heterocycles. The Kier molecular flexibility index (Phi) is 7.61. The standard InChI is InChI=1S/C18H38N4/c1-5-19(4)10-11-20-8-6-18(7-9-20)16-21-12-14-22(15-13-21)17(2)3/h17-18H,5-16H2,1-4H3. The number of piperazine rings is 1. The molecule has 0 atom stereocenters. The summed E-state index contributed by atoms with van der Waals surface area (Å²) in [5.74, 6) is 0.936. The number of likely N-dealkylation sites (N-methyl/N-ethyl adjacent to an activating group) is 1. The summed E-state index contributed by atoms with van der Waals surface area (Å²) < 4.78 is 0. The highest BCUT2D eigenvalue weighted by atomic mass is 15.3. The Morgan fingerprint density at radius 2 is 1.59 bits per heavy atom. The van der Waals surface area contributed by atoms with Gasteiger partial charge in [-0.15, -0.1) is 0 Å². The summed E-state index contributed by atoms with van der Waals surface area (Å²) >= 11 is 0. The maximum atomic E-state index is 2.71. The van der Waals surface area contributed by atoms with Crippen molar-refractivity contribution in [2.24, 2.45) is 5.92 Å². The molecule has 0 aromatic rings. The van der Waals surface area contributed by atoms with Crippen molar-refractivity contribution in [2.45, 2.75) is 39.7 Å². The van der Waals surface area contributed by atoms with Crippen LogP contribution in [0.15, 0.2) is 0 Å². The van der Waals surface area contributed by atoms with Gasteiger partial charge >= 0.3 is 0 Å². The van der Waals surface area contributed by atoms with Crippen LogP contribution in [0.4, 0.5) is 0 Å². The molecule has 0 radical (unpaired) electrons. The Morgan fingerprint density at radius 1 is 0.955 bits per heavy atom. The quantitative estimate of drug-likeness (QED) is 0.709. The maximum Gasteiger partial charge on any atom is 0.0113 e. The Morgan fingerprint density at radius 3 is 2.14 bits per heavy atom. The third-order valence-corrected chi connectivity index (χ3v) is 5.70. The van der Waals surface area contributed by atoms with E-state index in [1.54, 1.807) is 0 Å². The van der Waals surface area contributed by atoms with Crippen LogP contribution >= 0.6 is 0 Å². The van der Waals surface area contributed by atoms with E-state index >= 15 is 0 Å². The average molecular weight is 311 g/mol. The Balaban J connectivity index is 1.60. The molecule has 22 heavy (non-hydrogen) atoms. The smallest absolute Gasteiger partial charge is 0.0113 e. The summed E-state index contributed by atoms with van der Waals surface area (Å²) in [5, 5.41) is 0. The van der Waals surface area contributed by atoms with E-state index in [9.17, 15) is 0 Å². The molecule has 0 aliphatic carbocycles. The Hall–Kier alpha value is -0.160. The van der Waals surface area contributed by atoms with Gasteiger partial charge in [-0.1, -0.05) is 6.92 Å². The first kappa shape index (κ1) is 18.2. The molecule has 0 saturated carbocycles. The first-order valence-corrected chi connectivity index (χ1v) is 9.45. The molecule has 0 bridgehead atoms. The molecule has 0 aromatic carbocycles. The van der Waals surface area contributed by atoms with Crippen LogP contribution in [0.2, 0.25) is 0 Å². The van der Waals surface area contributed by atoms with Gasteiger partial charge in [0, 0.05) is 51.9 Å². The van der Waals surface area contributed by atoms with Gasteiger partial charge in [0.05, 0.1) is 0 Å². The van der Waals surface area contributed by atoms with Gasteiger partial charge in [-0.3, -0.25) is 4.90 Å². The summed E-state index contributed by atoms with van der Waals surface area (Å²) in [6.07, 6.45) is 2.81. The van der Waals surface area contributed by atoms with E-state index in [0.717, 1.165) is 5.92 Å². The lowest BCUT2D eigenvalue weighted by atomic mass is 9.96. The van der Waals surface area contributed by atoms with Gasteiger partial charge < -0.3 is 14.7 Å². The number of piperidine rings is 1. The molecular formula is C18H38N4. The highest BCUT2D eigenvalue weighted by molar-refractivity contribution is 4.79. The van der Waals surface area contributed by atoms with Crippen molar-refractivity contribution in [3.8, 4) is 0 Å². The van der Waals surface area contributed by atoms with Gasteiger partial charge in [-0.2, -0.15) is 0 Å². The van der Waals surface area contributed by atoms with Crippen LogP contribution in [0.3, 0.4) is 0 Å². The maximum absolute atomic E-state index is 2.71. The van der Waals surface area contributed by atoms with E-state index in [2.05, 4.69) is 47.4 Å². The number of hydrogen-bond donors (Lipinski definition) is 0. The van der Waals surface area contributed by atoms with Gasteiger partial charge in [0.25, 0.3) is 0 Å². The van der Waals surface area contributed by atoms with Crippen LogP contribution in [0.1, 0.15) is 33.6 Å². The topological polar surface area (TPSA) is 13.0 Å². The third kappa shape index (κ3) is 5.80. The molecule has 0 N–H and O–H groups in total. The predicted octanol–water partition coefficient (Wildman–Crippen LogP) is 1.68. The minimum atomic E-state index is 0.714. The first-order chi connectivity index (χ1) is 10.6. The SMILES string of the molecule is CCN(C)CCN1CCC(CN2CCN(C(C)C)CC2)CC1. The second-order valence-corrected chi connectivity index (χ2v) is 7.61. The van der Waals surface area contributed by atoms with E-state index in [4.69, 9.17) is 0 Å². The lowest BCUT2D eigenvalue weighted by Gasteiger charge is -2.40. The zero-order valence-electron chi connectivity index (χ0n) is 15.4. The summed E-state index contributed by atoms with van der Waals surface area (Å²) in [7, 11) is 2.23. The fourth-order valence-electron chi connectivity index (χ4n) is 3.69. The number of likely N-dealkylation sites (tertiary alicyclic amines) is 1. The van der Waals surface area contributed by atoms with Crippen molar-refractivity contribution in [2.75, 3.05) is 72.5 Å². The molecule has 0 spiro atoms. The van der Waals surface area contributed by atoms with E-state index < -0.39 is 0 Å². The molecule has 2 rings (SSSR count). The summed E-state index contributed by atoms with van der Waals surface area (Å²) in [4.78, 5) is 10.4. The highest BCUT2D eigenvalue weighted by Gasteiger charge is 2.24. The third-order valence-electron chi connectivity index (χ3n) is 5.70. The molecule has 2 aliphatic rings. The summed E-state index contributed by atoms with van der Waals surface area (Å²) in [5.41, 5.74) is 0. The normalized spacial score (nSPS) is 23.7. The monoisotopic (exact) mass is 310 g/mol. The lowest BCUT2D eigenvalue weighted by molar-refractivity contribution is 0.0797. The van der Waals surface area contributed by atoms with Crippen LogP contribution in [0, 0.1) is 5.92 Å². The largest absolute Gasteiger partial charge is 0.305 e. The fourth-order valence-corrected chi connectivity index (χ4v) is 3.69. The van der Waals surface area contributed by atoms with Crippen LogP contribution < -0.4 is 0 Å². The van der Waals surface area contributed by atoms with Crippen LogP contribution in [-0.2, 0) is 0 Å². The Bertz CT molecular complexity index is 291. The van der Waals surface area contributed by atoms with E-state index in [1.807, 2.05) is 0 Å². The minimum Gasteiger partial charge on any atom is -0.305 e. The number of nitrogens with zero attached hydrogens (tertiary/aromatic N) is 4. The zero-order valence-corrected chi connectivity index (χ0v) is 15.4. The first-order valence-electron chi connectivity index (χ1n) is 9.45. The van der Waals surface area contributed by atoms with Gasteiger partial charge in [-0.25, -0.2) is 0 Å². The van der Waals surface area contributed by atoms with E-state index in [1.165, 1.54) is 78.3 Å². The number of rotatable bonds is 7. The molecule has 130 valence electrons. The number of hydrogen-bond acceptors (Lipinski definition) is 4. The molecule has 2 saturated heterocycles. The summed E-state index contributed by atoms with van der Waals surface area (Å²) in [6.45, 7) is 19.6. The Labute approximate surface area is 138 Å². The molecule has 4 heteroatoms. The molecule has 0 amide bonds. The highest BCUT2D eigenvalue weighted by Crippen LogP contribution is 2.19. The minimum absolute atomic E-state index is 0.714. The van der Waals surface area contributed by atoms with Gasteiger partial charge in [0.15, 0.2) is 0 Å². The van der Waals surface area contributed by atoms with E-state index in [-0.39, 0.29) is 0 Å². The van der Waals surface area contributed by atoms with Crippen molar-refractivity contribution >= 4 is 0 Å². The molecule has 2 aliphatic heterocycles. The molecular weight excluding hydrogens is 272 g/mol. The van der Waals surface area contributed by atoms with Crippen molar-refractivity contribution in [1.29, 1.82) is 0 Å².